The largest absolute Gasteiger partial charge is 0.573 e. The maximum Gasteiger partial charge on any atom is 0.573 e. The van der Waals surface area contributed by atoms with Gasteiger partial charge in [0.1, 0.15) is 11.4 Å². The van der Waals surface area contributed by atoms with Crippen LogP contribution in [0, 0.1) is 0 Å². The van der Waals surface area contributed by atoms with Gasteiger partial charge in [-0.05, 0) is 54.6 Å². The third-order valence-electron chi connectivity index (χ3n) is 6.66. The number of nitrogens with zero attached hydrogens (tertiary/aromatic N) is 3. The fourth-order valence-electron chi connectivity index (χ4n) is 4.91. The number of carbonyl (C=O) groups excluding carboxylic acids is 1. The Balaban J connectivity index is 1.45. The first kappa shape index (κ1) is 23.7. The molecule has 6 nitrogen and oxygen atoms in total. The summed E-state index contributed by atoms with van der Waals surface area (Å²) in [5, 5.41) is 3.61. The zero-order valence-electron chi connectivity index (χ0n) is 19.0. The number of piperidine rings is 1. The minimum atomic E-state index is -4.78. The summed E-state index contributed by atoms with van der Waals surface area (Å²) >= 11 is 3.48. The van der Waals surface area contributed by atoms with Crippen molar-refractivity contribution in [1.82, 2.24) is 9.47 Å². The third kappa shape index (κ3) is 4.77. The van der Waals surface area contributed by atoms with Gasteiger partial charge in [0, 0.05) is 67.3 Å². The molecule has 3 aromatic rings. The molecule has 0 bridgehead atoms. The van der Waals surface area contributed by atoms with Gasteiger partial charge < -0.3 is 14.6 Å². The van der Waals surface area contributed by atoms with Gasteiger partial charge in [-0.2, -0.15) is 0 Å². The number of likely N-dealkylation sites (tertiary alicyclic amines) is 1. The van der Waals surface area contributed by atoms with Crippen molar-refractivity contribution >= 4 is 33.2 Å². The summed E-state index contributed by atoms with van der Waals surface area (Å²) in [4.78, 5) is 17.8. The Morgan fingerprint density at radius 1 is 1.09 bits per heavy atom. The van der Waals surface area contributed by atoms with E-state index in [0.29, 0.717) is 24.1 Å². The maximum atomic E-state index is 13.7. The van der Waals surface area contributed by atoms with Crippen LogP contribution in [0.2, 0.25) is 0 Å². The Morgan fingerprint density at radius 2 is 1.80 bits per heavy atom. The minimum Gasteiger partial charge on any atom is -0.406 e. The summed E-state index contributed by atoms with van der Waals surface area (Å²) in [5.41, 5.74) is 2.28. The highest BCUT2D eigenvalue weighted by Crippen LogP contribution is 2.42. The molecule has 0 radical (unpaired) electrons. The van der Waals surface area contributed by atoms with Crippen LogP contribution in [0.4, 0.5) is 24.5 Å². The molecule has 0 atom stereocenters. The highest BCUT2D eigenvalue weighted by molar-refractivity contribution is 9.10. The van der Waals surface area contributed by atoms with Gasteiger partial charge in [0.2, 0.25) is 0 Å². The van der Waals surface area contributed by atoms with E-state index in [2.05, 4.69) is 41.5 Å². The van der Waals surface area contributed by atoms with Crippen molar-refractivity contribution in [3.63, 3.8) is 0 Å². The molecule has 184 valence electrons. The van der Waals surface area contributed by atoms with E-state index in [1.165, 1.54) is 30.0 Å². The molecule has 1 fully saturated rings. The van der Waals surface area contributed by atoms with Crippen LogP contribution in [0.3, 0.4) is 0 Å². The summed E-state index contributed by atoms with van der Waals surface area (Å²) in [7, 11) is 2.02. The molecular weight excluding hydrogens is 525 g/mol. The fraction of sp³-hybridized carbons (Fsp3) is 0.320. The van der Waals surface area contributed by atoms with E-state index >= 15 is 0 Å². The van der Waals surface area contributed by atoms with Crippen LogP contribution in [0.25, 0.3) is 0 Å². The summed E-state index contributed by atoms with van der Waals surface area (Å²) in [6.45, 7) is 2.31. The van der Waals surface area contributed by atoms with Crippen molar-refractivity contribution in [2.45, 2.75) is 31.4 Å². The first-order valence-corrected chi connectivity index (χ1v) is 12.0. The van der Waals surface area contributed by atoms with Gasteiger partial charge in [0.25, 0.3) is 5.91 Å². The molecule has 2 aromatic carbocycles. The van der Waals surface area contributed by atoms with Crippen molar-refractivity contribution in [1.29, 1.82) is 0 Å². The van der Waals surface area contributed by atoms with Gasteiger partial charge in [-0.1, -0.05) is 15.9 Å². The molecule has 0 unspecified atom stereocenters. The number of anilines is 2. The second-order valence-corrected chi connectivity index (χ2v) is 9.83. The summed E-state index contributed by atoms with van der Waals surface area (Å²) in [5.74, 6) is -0.513. The number of aryl methyl sites for hydroxylation is 1. The molecule has 1 saturated heterocycles. The lowest BCUT2D eigenvalue weighted by Gasteiger charge is -2.52. The number of ether oxygens (including phenoxy) is 1. The number of halogens is 4. The Kier molecular flexibility index (Phi) is 6.04. The monoisotopic (exact) mass is 548 g/mol. The number of amides is 1. The molecule has 1 aromatic heterocycles. The summed E-state index contributed by atoms with van der Waals surface area (Å²) in [6, 6.07) is 15.0. The zero-order chi connectivity index (χ0) is 24.8. The number of benzene rings is 2. The number of carbonyl (C=O) groups is 1. The third-order valence-corrected chi connectivity index (χ3v) is 7.15. The van der Waals surface area contributed by atoms with Crippen LogP contribution >= 0.6 is 15.9 Å². The lowest BCUT2D eigenvalue weighted by Crippen LogP contribution is -2.64. The average molecular weight is 549 g/mol. The van der Waals surface area contributed by atoms with Crippen molar-refractivity contribution in [3.05, 3.63) is 76.5 Å². The highest BCUT2D eigenvalue weighted by Gasteiger charge is 2.47. The predicted molar refractivity (Wildman–Crippen MR) is 130 cm³/mol. The van der Waals surface area contributed by atoms with Crippen molar-refractivity contribution in [2.75, 3.05) is 23.3 Å². The van der Waals surface area contributed by atoms with E-state index in [1.54, 1.807) is 17.0 Å². The molecule has 2 aliphatic heterocycles. The molecule has 35 heavy (non-hydrogen) atoms. The molecule has 5 rings (SSSR count). The Bertz CT molecular complexity index is 1230. The van der Waals surface area contributed by atoms with E-state index in [1.807, 2.05) is 25.4 Å². The van der Waals surface area contributed by atoms with Gasteiger partial charge in [-0.15, -0.1) is 13.2 Å². The highest BCUT2D eigenvalue weighted by atomic mass is 79.9. The Hall–Kier alpha value is -2.98. The molecule has 1 N–H and O–H groups in total. The zero-order valence-corrected chi connectivity index (χ0v) is 20.6. The Morgan fingerprint density at radius 3 is 2.43 bits per heavy atom. The maximum absolute atomic E-state index is 13.7. The van der Waals surface area contributed by atoms with E-state index in [0.717, 1.165) is 29.8 Å². The molecule has 0 saturated carbocycles. The van der Waals surface area contributed by atoms with Gasteiger partial charge in [0.15, 0.2) is 0 Å². The number of hydrogen-bond donors (Lipinski definition) is 1. The van der Waals surface area contributed by atoms with Crippen LogP contribution in [-0.4, -0.2) is 40.5 Å². The average Bonchev–Trinajstić information content (AvgIpc) is 3.19. The summed E-state index contributed by atoms with van der Waals surface area (Å²) < 4.78 is 44.9. The smallest absolute Gasteiger partial charge is 0.406 e. The van der Waals surface area contributed by atoms with Crippen LogP contribution in [-0.2, 0) is 13.6 Å². The molecule has 2 aliphatic rings. The molecule has 10 heteroatoms. The van der Waals surface area contributed by atoms with Crippen molar-refractivity contribution < 1.29 is 22.7 Å². The number of alkyl halides is 3. The van der Waals surface area contributed by atoms with E-state index in [9.17, 15) is 18.0 Å². The standard InChI is InChI=1S/C25H24BrF3N4O2/c1-31-12-2-3-19(31)16-32-13-10-24(11-14-32)30-22-15-17(26)4-9-21(22)23(34)33(24)18-5-7-20(8-6-18)35-25(27,28)29/h2-9,12,15,30H,10-11,13-14,16H2,1H3. The van der Waals surface area contributed by atoms with Gasteiger partial charge in [-0.25, -0.2) is 0 Å². The molecule has 0 aliphatic carbocycles. The molecule has 3 heterocycles. The minimum absolute atomic E-state index is 0.188. The van der Waals surface area contributed by atoms with E-state index in [4.69, 9.17) is 0 Å². The van der Waals surface area contributed by atoms with Gasteiger partial charge in [-0.3, -0.25) is 14.6 Å². The van der Waals surface area contributed by atoms with Crippen molar-refractivity contribution in [2.24, 2.45) is 7.05 Å². The first-order valence-electron chi connectivity index (χ1n) is 11.2. The topological polar surface area (TPSA) is 49.7 Å². The van der Waals surface area contributed by atoms with Crippen molar-refractivity contribution in [3.8, 4) is 5.75 Å². The van der Waals surface area contributed by atoms with Crippen LogP contribution in [0.5, 0.6) is 5.75 Å². The van der Waals surface area contributed by atoms with Crippen LogP contribution in [0.15, 0.2) is 65.3 Å². The van der Waals surface area contributed by atoms with Crippen LogP contribution < -0.4 is 15.0 Å². The normalized spacial score (nSPS) is 17.9. The predicted octanol–water partition coefficient (Wildman–Crippen LogP) is 5.75. The second-order valence-electron chi connectivity index (χ2n) is 8.92. The number of hydrogen-bond acceptors (Lipinski definition) is 4. The molecule has 1 spiro atoms. The second kappa shape index (κ2) is 8.91. The van der Waals surface area contributed by atoms with Gasteiger partial charge in [0.05, 0.1) is 5.56 Å². The Labute approximate surface area is 209 Å². The quantitative estimate of drug-likeness (QED) is 0.451. The van der Waals surface area contributed by atoms with Crippen LogP contribution in [0.1, 0.15) is 28.9 Å². The van der Waals surface area contributed by atoms with E-state index in [-0.39, 0.29) is 11.7 Å². The lowest BCUT2D eigenvalue weighted by molar-refractivity contribution is -0.274. The fourth-order valence-corrected chi connectivity index (χ4v) is 5.27. The first-order chi connectivity index (χ1) is 16.6. The SMILES string of the molecule is Cn1cccc1CN1CCC2(CC1)Nc1cc(Br)ccc1C(=O)N2c1ccc(OC(F)(F)F)cc1. The number of rotatable bonds is 4. The van der Waals surface area contributed by atoms with Gasteiger partial charge >= 0.3 is 6.36 Å². The van der Waals surface area contributed by atoms with E-state index < -0.39 is 12.0 Å². The number of nitrogens with one attached hydrogen (secondary N) is 1. The number of aromatic nitrogens is 1. The lowest BCUT2D eigenvalue weighted by atomic mass is 9.89. The number of fused-ring (bicyclic) bond motifs is 1. The summed E-state index contributed by atoms with van der Waals surface area (Å²) in [6.07, 6.45) is -1.46. The molecular formula is C25H24BrF3N4O2. The molecule has 1 amide bonds.